The molecule has 1 aliphatic carbocycles. The van der Waals surface area contributed by atoms with E-state index >= 15 is 0 Å². The second kappa shape index (κ2) is 6.42. The molecule has 0 aliphatic heterocycles. The van der Waals surface area contributed by atoms with Crippen molar-refractivity contribution < 1.29 is 0 Å². The number of hydrogen-bond donors (Lipinski definition) is 0. The zero-order valence-corrected chi connectivity index (χ0v) is 12.2. The lowest BCUT2D eigenvalue weighted by Gasteiger charge is -2.28. The van der Waals surface area contributed by atoms with Crippen LogP contribution in [0.3, 0.4) is 0 Å². The molecule has 0 radical (unpaired) electrons. The van der Waals surface area contributed by atoms with Crippen molar-refractivity contribution in [3.05, 3.63) is 23.4 Å². The maximum absolute atomic E-state index is 5.92. The van der Waals surface area contributed by atoms with E-state index in [2.05, 4.69) is 29.1 Å². The molecule has 3 heteroatoms. The quantitative estimate of drug-likeness (QED) is 0.762. The van der Waals surface area contributed by atoms with E-state index in [1.54, 1.807) is 0 Å². The molecule has 1 aromatic rings. The fourth-order valence-electron chi connectivity index (χ4n) is 2.84. The van der Waals surface area contributed by atoms with Gasteiger partial charge in [-0.15, -0.1) is 11.6 Å². The fourth-order valence-corrected chi connectivity index (χ4v) is 3.00. The highest BCUT2D eigenvalue weighted by atomic mass is 35.5. The number of hydrogen-bond acceptors (Lipinski definition) is 2. The number of alkyl halides is 1. The van der Waals surface area contributed by atoms with Gasteiger partial charge in [0.1, 0.15) is 5.82 Å². The maximum Gasteiger partial charge on any atom is 0.128 e. The van der Waals surface area contributed by atoms with Crippen LogP contribution in [0.25, 0.3) is 0 Å². The van der Waals surface area contributed by atoms with Gasteiger partial charge in [-0.1, -0.05) is 19.3 Å². The minimum atomic E-state index is 0.563. The highest BCUT2D eigenvalue weighted by Gasteiger charge is 2.16. The topological polar surface area (TPSA) is 16.1 Å². The lowest BCUT2D eigenvalue weighted by molar-refractivity contribution is 0.361. The van der Waals surface area contributed by atoms with E-state index < -0.39 is 0 Å². The van der Waals surface area contributed by atoms with Gasteiger partial charge in [0.2, 0.25) is 0 Å². The summed E-state index contributed by atoms with van der Waals surface area (Å²) in [7, 11) is 2.15. The molecule has 1 saturated carbocycles. The number of aryl methyl sites for hydroxylation is 1. The molecule has 100 valence electrons. The largest absolute Gasteiger partial charge is 0.359 e. The molecule has 2 rings (SSSR count). The summed E-state index contributed by atoms with van der Waals surface area (Å²) in [6.45, 7) is 3.16. The first-order chi connectivity index (χ1) is 8.69. The van der Waals surface area contributed by atoms with Crippen molar-refractivity contribution in [1.82, 2.24) is 4.98 Å². The number of nitrogens with zero attached hydrogens (tertiary/aromatic N) is 2. The Morgan fingerprint density at radius 1 is 1.28 bits per heavy atom. The molecular formula is C15H23ClN2. The maximum atomic E-state index is 5.92. The Morgan fingerprint density at radius 2 is 2.00 bits per heavy atom. The van der Waals surface area contributed by atoms with Crippen molar-refractivity contribution in [1.29, 1.82) is 0 Å². The molecule has 0 atom stereocenters. The van der Waals surface area contributed by atoms with Crippen LogP contribution in [-0.4, -0.2) is 18.6 Å². The summed E-state index contributed by atoms with van der Waals surface area (Å²) in [6, 6.07) is 4.17. The third kappa shape index (κ3) is 3.61. The van der Waals surface area contributed by atoms with E-state index in [0.717, 1.165) is 29.5 Å². The molecule has 1 aromatic heterocycles. The molecule has 0 unspecified atom stereocenters. The van der Waals surface area contributed by atoms with E-state index in [4.69, 9.17) is 11.6 Å². The molecule has 0 bridgehead atoms. The van der Waals surface area contributed by atoms with E-state index in [9.17, 15) is 0 Å². The van der Waals surface area contributed by atoms with Gasteiger partial charge in [0.25, 0.3) is 0 Å². The van der Waals surface area contributed by atoms with E-state index in [0.29, 0.717) is 5.88 Å². The second-order valence-electron chi connectivity index (χ2n) is 5.49. The van der Waals surface area contributed by atoms with Crippen LogP contribution in [0.4, 0.5) is 5.82 Å². The number of aromatic nitrogens is 1. The zero-order valence-electron chi connectivity index (χ0n) is 11.5. The van der Waals surface area contributed by atoms with Crippen LogP contribution in [0, 0.1) is 12.8 Å². The molecule has 0 spiro atoms. The number of rotatable bonds is 4. The van der Waals surface area contributed by atoms with Crippen molar-refractivity contribution in [3.63, 3.8) is 0 Å². The molecule has 1 fully saturated rings. The molecule has 18 heavy (non-hydrogen) atoms. The summed E-state index contributed by atoms with van der Waals surface area (Å²) >= 11 is 5.92. The van der Waals surface area contributed by atoms with Crippen LogP contribution in [0.15, 0.2) is 12.1 Å². The van der Waals surface area contributed by atoms with Crippen molar-refractivity contribution in [2.75, 3.05) is 18.5 Å². The van der Waals surface area contributed by atoms with Gasteiger partial charge in [0.05, 0.1) is 0 Å². The van der Waals surface area contributed by atoms with Gasteiger partial charge in [0.15, 0.2) is 0 Å². The summed E-state index contributed by atoms with van der Waals surface area (Å²) in [5.74, 6) is 2.47. The number of anilines is 1. The van der Waals surface area contributed by atoms with E-state index in [1.807, 2.05) is 6.92 Å². The Hall–Kier alpha value is -0.760. The first-order valence-corrected chi connectivity index (χ1v) is 7.47. The predicted molar refractivity (Wildman–Crippen MR) is 78.4 cm³/mol. The van der Waals surface area contributed by atoms with Gasteiger partial charge in [-0.25, -0.2) is 4.98 Å². The normalized spacial score (nSPS) is 16.8. The van der Waals surface area contributed by atoms with Gasteiger partial charge in [-0.3, -0.25) is 0 Å². The van der Waals surface area contributed by atoms with Crippen LogP contribution in [0.2, 0.25) is 0 Å². The fraction of sp³-hybridized carbons (Fsp3) is 0.667. The minimum Gasteiger partial charge on any atom is -0.359 e. The van der Waals surface area contributed by atoms with Crippen LogP contribution in [0.1, 0.15) is 43.4 Å². The van der Waals surface area contributed by atoms with Crippen LogP contribution in [0.5, 0.6) is 0 Å². The van der Waals surface area contributed by atoms with Crippen molar-refractivity contribution in [2.24, 2.45) is 5.92 Å². The second-order valence-corrected chi connectivity index (χ2v) is 5.76. The Bertz CT molecular complexity index is 386. The van der Waals surface area contributed by atoms with Crippen LogP contribution < -0.4 is 4.90 Å². The highest BCUT2D eigenvalue weighted by Crippen LogP contribution is 2.25. The predicted octanol–water partition coefficient (Wildman–Crippen LogP) is 4.15. The molecule has 1 heterocycles. The van der Waals surface area contributed by atoms with Gasteiger partial charge in [-0.05, 0) is 43.4 Å². The van der Waals surface area contributed by atoms with Crippen LogP contribution in [-0.2, 0) is 5.88 Å². The lowest BCUT2D eigenvalue weighted by Crippen LogP contribution is -2.27. The first kappa shape index (κ1) is 13.7. The molecule has 0 amide bonds. The number of pyridine rings is 1. The summed E-state index contributed by atoms with van der Waals surface area (Å²) in [5, 5.41) is 0. The van der Waals surface area contributed by atoms with Crippen molar-refractivity contribution in [3.8, 4) is 0 Å². The lowest BCUT2D eigenvalue weighted by atomic mass is 9.89. The average Bonchev–Trinajstić information content (AvgIpc) is 2.39. The Labute approximate surface area is 115 Å². The molecular weight excluding hydrogens is 244 g/mol. The minimum absolute atomic E-state index is 0.563. The highest BCUT2D eigenvalue weighted by molar-refractivity contribution is 6.17. The average molecular weight is 267 g/mol. The third-order valence-corrected chi connectivity index (χ3v) is 4.11. The smallest absolute Gasteiger partial charge is 0.128 e. The zero-order chi connectivity index (χ0) is 13.0. The Balaban J connectivity index is 2.02. The molecule has 2 nitrogen and oxygen atoms in total. The Morgan fingerprint density at radius 3 is 2.67 bits per heavy atom. The van der Waals surface area contributed by atoms with Gasteiger partial charge in [0, 0.05) is 25.2 Å². The molecule has 1 aliphatic rings. The van der Waals surface area contributed by atoms with E-state index in [-0.39, 0.29) is 0 Å². The third-order valence-electron chi connectivity index (χ3n) is 3.80. The first-order valence-electron chi connectivity index (χ1n) is 6.93. The number of halogens is 1. The Kier molecular flexibility index (Phi) is 4.87. The van der Waals surface area contributed by atoms with Crippen molar-refractivity contribution >= 4 is 17.4 Å². The van der Waals surface area contributed by atoms with E-state index in [1.165, 1.54) is 32.1 Å². The summed E-state index contributed by atoms with van der Waals surface area (Å²) in [5.41, 5.74) is 2.22. The standard InChI is InChI=1S/C15H23ClN2/c1-12-8-14(10-16)9-15(17-12)18(2)11-13-6-4-3-5-7-13/h8-9,13H,3-7,10-11H2,1-2H3. The summed E-state index contributed by atoms with van der Waals surface area (Å²) in [6.07, 6.45) is 6.95. The van der Waals surface area contributed by atoms with Gasteiger partial charge >= 0.3 is 0 Å². The summed E-state index contributed by atoms with van der Waals surface area (Å²) < 4.78 is 0. The van der Waals surface area contributed by atoms with Crippen LogP contribution >= 0.6 is 11.6 Å². The van der Waals surface area contributed by atoms with Crippen molar-refractivity contribution in [2.45, 2.75) is 44.9 Å². The monoisotopic (exact) mass is 266 g/mol. The molecule has 0 aromatic carbocycles. The summed E-state index contributed by atoms with van der Waals surface area (Å²) in [4.78, 5) is 6.91. The molecule has 0 N–H and O–H groups in total. The van der Waals surface area contributed by atoms with Gasteiger partial charge in [-0.2, -0.15) is 0 Å². The SMILES string of the molecule is Cc1cc(CCl)cc(N(C)CC2CCCCC2)n1. The molecule has 0 saturated heterocycles. The van der Waals surface area contributed by atoms with Gasteiger partial charge < -0.3 is 4.90 Å².